The molecule has 0 saturated heterocycles. The van der Waals surface area contributed by atoms with E-state index in [-0.39, 0.29) is 12.6 Å². The Balaban J connectivity index is 2.11. The van der Waals surface area contributed by atoms with Crippen LogP contribution in [0.25, 0.3) is 0 Å². The SMILES string of the molecule is OCC(O)CNC1CCCOc2cc(Br)ccc21. The van der Waals surface area contributed by atoms with Crippen molar-refractivity contribution in [2.24, 2.45) is 0 Å². The molecule has 0 fully saturated rings. The molecule has 1 aromatic rings. The number of benzene rings is 1. The summed E-state index contributed by atoms with van der Waals surface area (Å²) in [5, 5.41) is 21.5. The van der Waals surface area contributed by atoms with Gasteiger partial charge in [-0.05, 0) is 25.0 Å². The van der Waals surface area contributed by atoms with E-state index in [1.807, 2.05) is 18.2 Å². The van der Waals surface area contributed by atoms with E-state index < -0.39 is 6.10 Å². The highest BCUT2D eigenvalue weighted by molar-refractivity contribution is 9.10. The summed E-state index contributed by atoms with van der Waals surface area (Å²) in [5.41, 5.74) is 1.11. The van der Waals surface area contributed by atoms with Crippen molar-refractivity contribution in [3.05, 3.63) is 28.2 Å². The van der Waals surface area contributed by atoms with Gasteiger partial charge >= 0.3 is 0 Å². The summed E-state index contributed by atoms with van der Waals surface area (Å²) < 4.78 is 6.71. The molecule has 0 saturated carbocycles. The maximum Gasteiger partial charge on any atom is 0.125 e. The van der Waals surface area contributed by atoms with Gasteiger partial charge in [-0.15, -0.1) is 0 Å². The maximum absolute atomic E-state index is 9.40. The quantitative estimate of drug-likeness (QED) is 0.790. The molecule has 5 heteroatoms. The molecule has 1 heterocycles. The molecule has 0 radical (unpaired) electrons. The summed E-state index contributed by atoms with van der Waals surface area (Å²) in [5.74, 6) is 0.887. The summed E-state index contributed by atoms with van der Waals surface area (Å²) in [6.45, 7) is 0.879. The molecule has 0 spiro atoms. The second-order valence-corrected chi connectivity index (χ2v) is 5.39. The molecule has 4 nitrogen and oxygen atoms in total. The Morgan fingerprint density at radius 3 is 3.11 bits per heavy atom. The van der Waals surface area contributed by atoms with E-state index >= 15 is 0 Å². The summed E-state index contributed by atoms with van der Waals surface area (Å²) >= 11 is 3.44. The average Bonchev–Trinajstić information content (AvgIpc) is 2.57. The molecule has 18 heavy (non-hydrogen) atoms. The number of hydrogen-bond acceptors (Lipinski definition) is 4. The first-order valence-electron chi connectivity index (χ1n) is 6.15. The Morgan fingerprint density at radius 1 is 1.50 bits per heavy atom. The van der Waals surface area contributed by atoms with Crippen molar-refractivity contribution in [3.63, 3.8) is 0 Å². The van der Waals surface area contributed by atoms with Crippen molar-refractivity contribution in [1.82, 2.24) is 5.32 Å². The van der Waals surface area contributed by atoms with Crippen molar-refractivity contribution in [2.45, 2.75) is 25.0 Å². The van der Waals surface area contributed by atoms with E-state index in [1.165, 1.54) is 0 Å². The van der Waals surface area contributed by atoms with Gasteiger partial charge in [0.25, 0.3) is 0 Å². The lowest BCUT2D eigenvalue weighted by Crippen LogP contribution is -2.32. The molecule has 1 aliphatic heterocycles. The van der Waals surface area contributed by atoms with Crippen molar-refractivity contribution in [3.8, 4) is 5.75 Å². The first kappa shape index (κ1) is 13.8. The first-order chi connectivity index (χ1) is 8.70. The van der Waals surface area contributed by atoms with E-state index in [9.17, 15) is 5.11 Å². The largest absolute Gasteiger partial charge is 0.493 e. The lowest BCUT2D eigenvalue weighted by Gasteiger charge is -2.20. The second kappa shape index (κ2) is 6.52. The zero-order valence-corrected chi connectivity index (χ0v) is 11.7. The molecular weight excluding hydrogens is 298 g/mol. The minimum absolute atomic E-state index is 0.164. The van der Waals surface area contributed by atoms with Crippen molar-refractivity contribution >= 4 is 15.9 Å². The molecule has 3 N–H and O–H groups in total. The van der Waals surface area contributed by atoms with Gasteiger partial charge in [-0.25, -0.2) is 0 Å². The van der Waals surface area contributed by atoms with Crippen LogP contribution in [0.5, 0.6) is 5.75 Å². The van der Waals surface area contributed by atoms with Gasteiger partial charge in [0.2, 0.25) is 0 Å². The Morgan fingerprint density at radius 2 is 2.33 bits per heavy atom. The topological polar surface area (TPSA) is 61.7 Å². The third-order valence-corrected chi connectivity index (χ3v) is 3.55. The Bertz CT molecular complexity index is 400. The number of aliphatic hydroxyl groups is 2. The average molecular weight is 316 g/mol. The van der Waals surface area contributed by atoms with E-state index in [4.69, 9.17) is 9.84 Å². The molecule has 1 aromatic carbocycles. The molecule has 100 valence electrons. The maximum atomic E-state index is 9.40. The normalized spacial score (nSPS) is 20.7. The summed E-state index contributed by atoms with van der Waals surface area (Å²) in [7, 11) is 0. The Kier molecular flexibility index (Phi) is 5.00. The number of aliphatic hydroxyl groups excluding tert-OH is 2. The van der Waals surface area contributed by atoms with Crippen molar-refractivity contribution in [1.29, 1.82) is 0 Å². The van der Waals surface area contributed by atoms with Gasteiger partial charge in [-0.3, -0.25) is 0 Å². The van der Waals surface area contributed by atoms with Crippen LogP contribution in [0.1, 0.15) is 24.4 Å². The van der Waals surface area contributed by atoms with Crippen LogP contribution in [-0.4, -0.2) is 36.1 Å². The number of rotatable bonds is 4. The zero-order valence-electron chi connectivity index (χ0n) is 10.1. The molecular formula is C13H18BrNO3. The van der Waals surface area contributed by atoms with Gasteiger partial charge in [-0.2, -0.15) is 0 Å². The summed E-state index contributed by atoms with van der Waals surface area (Å²) in [6.07, 6.45) is 1.22. The Hall–Kier alpha value is -0.620. The van der Waals surface area contributed by atoms with E-state index in [0.29, 0.717) is 13.2 Å². The fourth-order valence-electron chi connectivity index (χ4n) is 2.10. The van der Waals surface area contributed by atoms with Gasteiger partial charge in [-0.1, -0.05) is 22.0 Å². The molecule has 2 rings (SSSR count). The Labute approximate surface area is 115 Å². The minimum Gasteiger partial charge on any atom is -0.493 e. The predicted octanol–water partition coefficient (Wildman–Crippen LogP) is 1.61. The van der Waals surface area contributed by atoms with Gasteiger partial charge < -0.3 is 20.3 Å². The highest BCUT2D eigenvalue weighted by Crippen LogP contribution is 2.33. The van der Waals surface area contributed by atoms with E-state index in [0.717, 1.165) is 28.6 Å². The number of hydrogen-bond donors (Lipinski definition) is 3. The fourth-order valence-corrected chi connectivity index (χ4v) is 2.44. The zero-order chi connectivity index (χ0) is 13.0. The number of fused-ring (bicyclic) bond motifs is 1. The van der Waals surface area contributed by atoms with Gasteiger partial charge in [0.1, 0.15) is 5.75 Å². The van der Waals surface area contributed by atoms with Gasteiger partial charge in [0.15, 0.2) is 0 Å². The van der Waals surface area contributed by atoms with E-state index in [2.05, 4.69) is 21.2 Å². The monoisotopic (exact) mass is 315 g/mol. The lowest BCUT2D eigenvalue weighted by molar-refractivity contribution is 0.0915. The molecule has 2 unspecified atom stereocenters. The van der Waals surface area contributed by atoms with Gasteiger partial charge in [0.05, 0.1) is 19.3 Å². The highest BCUT2D eigenvalue weighted by atomic mass is 79.9. The predicted molar refractivity (Wildman–Crippen MR) is 72.7 cm³/mol. The van der Waals surface area contributed by atoms with Crippen LogP contribution in [0.4, 0.5) is 0 Å². The van der Waals surface area contributed by atoms with Crippen LogP contribution in [0.2, 0.25) is 0 Å². The number of halogens is 1. The standard InChI is InChI=1S/C13H18BrNO3/c14-9-3-4-11-12(15-7-10(17)8-16)2-1-5-18-13(11)6-9/h3-4,6,10,12,15-17H,1-2,5,7-8H2. The first-order valence-corrected chi connectivity index (χ1v) is 6.94. The molecule has 2 atom stereocenters. The highest BCUT2D eigenvalue weighted by Gasteiger charge is 2.20. The second-order valence-electron chi connectivity index (χ2n) is 4.47. The smallest absolute Gasteiger partial charge is 0.125 e. The summed E-state index contributed by atoms with van der Waals surface area (Å²) in [4.78, 5) is 0. The molecule has 0 bridgehead atoms. The molecule has 0 aliphatic carbocycles. The molecule has 0 amide bonds. The third kappa shape index (κ3) is 3.45. The molecule has 0 aromatic heterocycles. The lowest BCUT2D eigenvalue weighted by atomic mass is 10.0. The van der Waals surface area contributed by atoms with Crippen molar-refractivity contribution < 1.29 is 14.9 Å². The number of nitrogens with one attached hydrogen (secondary N) is 1. The third-order valence-electron chi connectivity index (χ3n) is 3.06. The number of ether oxygens (including phenoxy) is 1. The van der Waals surface area contributed by atoms with Crippen LogP contribution >= 0.6 is 15.9 Å². The van der Waals surface area contributed by atoms with Crippen LogP contribution in [0, 0.1) is 0 Å². The molecule has 1 aliphatic rings. The van der Waals surface area contributed by atoms with Crippen LogP contribution in [0.15, 0.2) is 22.7 Å². The van der Waals surface area contributed by atoms with E-state index in [1.54, 1.807) is 0 Å². The van der Waals surface area contributed by atoms with Gasteiger partial charge in [0, 0.05) is 22.6 Å². The van der Waals surface area contributed by atoms with Crippen LogP contribution in [-0.2, 0) is 0 Å². The van der Waals surface area contributed by atoms with Crippen LogP contribution < -0.4 is 10.1 Å². The fraction of sp³-hybridized carbons (Fsp3) is 0.538. The summed E-state index contributed by atoms with van der Waals surface area (Å²) in [6, 6.07) is 6.16. The van der Waals surface area contributed by atoms with Crippen molar-refractivity contribution in [2.75, 3.05) is 19.8 Å². The van der Waals surface area contributed by atoms with Crippen LogP contribution in [0.3, 0.4) is 0 Å². The minimum atomic E-state index is -0.715.